The van der Waals surface area contributed by atoms with Crippen molar-refractivity contribution in [3.05, 3.63) is 83.0 Å². The summed E-state index contributed by atoms with van der Waals surface area (Å²) in [6, 6.07) is 17.2. The molecule has 0 aliphatic heterocycles. The number of fused-ring (bicyclic) bond motifs is 1. The second kappa shape index (κ2) is 7.94. The Kier molecular flexibility index (Phi) is 5.18. The lowest BCUT2D eigenvalue weighted by Gasteiger charge is -2.27. The summed E-state index contributed by atoms with van der Waals surface area (Å²) < 4.78 is 3.00. The van der Waals surface area contributed by atoms with Gasteiger partial charge in [-0.15, -0.1) is 0 Å². The summed E-state index contributed by atoms with van der Waals surface area (Å²) in [5.74, 6) is -0.175. The van der Waals surface area contributed by atoms with Crippen LogP contribution in [0.4, 0.5) is 5.69 Å². The SMILES string of the molecule is Cc1ccccc1-n1ncc2c(=O)n(CC(=O)N(c3ccccc3)C(C)C)cnc21. The normalized spacial score (nSPS) is 11.2. The van der Waals surface area contributed by atoms with Gasteiger partial charge in [-0.3, -0.25) is 14.2 Å². The summed E-state index contributed by atoms with van der Waals surface area (Å²) in [5, 5.41) is 4.74. The Balaban J connectivity index is 1.69. The van der Waals surface area contributed by atoms with E-state index in [4.69, 9.17) is 0 Å². The number of carbonyl (C=O) groups excluding carboxylic acids is 1. The van der Waals surface area contributed by atoms with Gasteiger partial charge in [-0.1, -0.05) is 36.4 Å². The van der Waals surface area contributed by atoms with Gasteiger partial charge < -0.3 is 4.90 Å². The molecule has 0 unspecified atom stereocenters. The lowest BCUT2D eigenvalue weighted by Crippen LogP contribution is -2.41. The van der Waals surface area contributed by atoms with E-state index in [9.17, 15) is 9.59 Å². The minimum Gasteiger partial charge on any atom is -0.308 e. The van der Waals surface area contributed by atoms with Gasteiger partial charge in [0.15, 0.2) is 5.65 Å². The van der Waals surface area contributed by atoms with Crippen molar-refractivity contribution >= 4 is 22.6 Å². The smallest absolute Gasteiger partial charge is 0.264 e. The highest BCUT2D eigenvalue weighted by Gasteiger charge is 2.21. The molecule has 7 nitrogen and oxygen atoms in total. The van der Waals surface area contributed by atoms with Crippen molar-refractivity contribution in [3.63, 3.8) is 0 Å². The second-order valence-electron chi connectivity index (χ2n) is 7.45. The third-order valence-corrected chi connectivity index (χ3v) is 5.02. The molecule has 0 radical (unpaired) electrons. The van der Waals surface area contributed by atoms with Gasteiger partial charge in [0.05, 0.1) is 11.9 Å². The highest BCUT2D eigenvalue weighted by molar-refractivity contribution is 5.93. The number of amides is 1. The van der Waals surface area contributed by atoms with Crippen molar-refractivity contribution in [3.8, 4) is 5.69 Å². The molecule has 0 bridgehead atoms. The molecule has 0 N–H and O–H groups in total. The molecule has 2 aromatic carbocycles. The summed E-state index contributed by atoms with van der Waals surface area (Å²) in [6.07, 6.45) is 2.93. The van der Waals surface area contributed by atoms with Gasteiger partial charge in [0.25, 0.3) is 5.56 Å². The van der Waals surface area contributed by atoms with Crippen molar-refractivity contribution in [2.24, 2.45) is 0 Å². The molecule has 0 atom stereocenters. The predicted octanol–water partition coefficient (Wildman–Crippen LogP) is 3.33. The first-order valence-electron chi connectivity index (χ1n) is 9.83. The van der Waals surface area contributed by atoms with Gasteiger partial charge in [-0.25, -0.2) is 9.67 Å². The molecule has 7 heteroatoms. The fourth-order valence-electron chi connectivity index (χ4n) is 3.58. The van der Waals surface area contributed by atoms with Gasteiger partial charge in [0, 0.05) is 11.7 Å². The number of rotatable bonds is 5. The first-order valence-corrected chi connectivity index (χ1v) is 9.83. The standard InChI is InChI=1S/C23H23N5O2/c1-16(2)27(18-10-5-4-6-11-18)21(29)14-26-15-24-22-19(23(26)30)13-25-28(22)20-12-8-7-9-17(20)3/h4-13,15-16H,14H2,1-3H3. The number of hydrogen-bond donors (Lipinski definition) is 0. The highest BCUT2D eigenvalue weighted by Crippen LogP contribution is 2.18. The minimum atomic E-state index is -0.287. The van der Waals surface area contributed by atoms with Crippen LogP contribution in [0.25, 0.3) is 16.7 Å². The summed E-state index contributed by atoms with van der Waals surface area (Å²) in [4.78, 5) is 32.2. The molecule has 0 saturated heterocycles. The van der Waals surface area contributed by atoms with E-state index in [1.807, 2.05) is 75.4 Å². The van der Waals surface area contributed by atoms with Crippen LogP contribution in [-0.4, -0.2) is 31.3 Å². The van der Waals surface area contributed by atoms with E-state index < -0.39 is 0 Å². The fourth-order valence-corrected chi connectivity index (χ4v) is 3.58. The molecule has 152 valence electrons. The van der Waals surface area contributed by atoms with Gasteiger partial charge in [0.2, 0.25) is 5.91 Å². The number of hydrogen-bond acceptors (Lipinski definition) is 4. The number of carbonyl (C=O) groups is 1. The Morgan fingerprint density at radius 3 is 2.47 bits per heavy atom. The molecule has 0 aliphatic carbocycles. The molecule has 0 saturated carbocycles. The second-order valence-corrected chi connectivity index (χ2v) is 7.45. The van der Waals surface area contributed by atoms with Crippen molar-refractivity contribution in [2.75, 3.05) is 4.90 Å². The van der Waals surface area contributed by atoms with Crippen LogP contribution >= 0.6 is 0 Å². The molecule has 2 heterocycles. The first-order chi connectivity index (χ1) is 14.5. The van der Waals surface area contributed by atoms with Crippen LogP contribution in [0.3, 0.4) is 0 Å². The van der Waals surface area contributed by atoms with Crippen LogP contribution in [0.5, 0.6) is 0 Å². The Hall–Kier alpha value is -3.74. The molecular weight excluding hydrogens is 378 g/mol. The average molecular weight is 401 g/mol. The average Bonchev–Trinajstić information content (AvgIpc) is 3.16. The van der Waals surface area contributed by atoms with Crippen molar-refractivity contribution in [1.29, 1.82) is 0 Å². The molecule has 30 heavy (non-hydrogen) atoms. The van der Waals surface area contributed by atoms with Crippen molar-refractivity contribution in [1.82, 2.24) is 19.3 Å². The van der Waals surface area contributed by atoms with Crippen LogP contribution in [-0.2, 0) is 11.3 Å². The van der Waals surface area contributed by atoms with Gasteiger partial charge in [-0.2, -0.15) is 5.10 Å². The lowest BCUT2D eigenvalue weighted by atomic mass is 10.2. The summed E-state index contributed by atoms with van der Waals surface area (Å²) in [6.45, 7) is 5.78. The molecule has 4 aromatic rings. The van der Waals surface area contributed by atoms with E-state index in [1.54, 1.807) is 9.58 Å². The van der Waals surface area contributed by atoms with E-state index in [1.165, 1.54) is 17.1 Å². The molecule has 0 aliphatic rings. The number of nitrogens with zero attached hydrogens (tertiary/aromatic N) is 5. The summed E-state index contributed by atoms with van der Waals surface area (Å²) in [5.41, 5.74) is 2.88. The number of aromatic nitrogens is 4. The first kappa shape index (κ1) is 19.6. The van der Waals surface area contributed by atoms with Crippen LogP contribution in [0.1, 0.15) is 19.4 Å². The zero-order valence-electron chi connectivity index (χ0n) is 17.2. The minimum absolute atomic E-state index is 0.0453. The third-order valence-electron chi connectivity index (χ3n) is 5.02. The maximum atomic E-state index is 13.0. The zero-order valence-corrected chi connectivity index (χ0v) is 17.2. The third kappa shape index (κ3) is 3.50. The van der Waals surface area contributed by atoms with Crippen molar-refractivity contribution in [2.45, 2.75) is 33.4 Å². The van der Waals surface area contributed by atoms with Gasteiger partial charge in [-0.05, 0) is 44.5 Å². The Bertz CT molecular complexity index is 1260. The Morgan fingerprint density at radius 2 is 1.77 bits per heavy atom. The molecule has 0 spiro atoms. The van der Waals surface area contributed by atoms with E-state index in [0.29, 0.717) is 11.0 Å². The number of aryl methyl sites for hydroxylation is 1. The maximum absolute atomic E-state index is 13.0. The number of benzene rings is 2. The van der Waals surface area contributed by atoms with E-state index in [0.717, 1.165) is 16.9 Å². The van der Waals surface area contributed by atoms with Crippen LogP contribution < -0.4 is 10.5 Å². The molecule has 0 fully saturated rings. The van der Waals surface area contributed by atoms with Gasteiger partial charge >= 0.3 is 0 Å². The molecular formula is C23H23N5O2. The number of para-hydroxylation sites is 2. The quantitative estimate of drug-likeness (QED) is 0.514. The van der Waals surface area contributed by atoms with Crippen LogP contribution in [0, 0.1) is 6.92 Å². The largest absolute Gasteiger partial charge is 0.308 e. The van der Waals surface area contributed by atoms with E-state index >= 15 is 0 Å². The predicted molar refractivity (Wildman–Crippen MR) is 117 cm³/mol. The monoisotopic (exact) mass is 401 g/mol. The molecule has 1 amide bonds. The summed E-state index contributed by atoms with van der Waals surface area (Å²) >= 11 is 0. The molecule has 2 aromatic heterocycles. The Morgan fingerprint density at radius 1 is 1.07 bits per heavy atom. The zero-order chi connectivity index (χ0) is 21.3. The van der Waals surface area contributed by atoms with Crippen LogP contribution in [0.15, 0.2) is 71.9 Å². The maximum Gasteiger partial charge on any atom is 0.264 e. The lowest BCUT2D eigenvalue weighted by molar-refractivity contribution is -0.119. The van der Waals surface area contributed by atoms with Gasteiger partial charge in [0.1, 0.15) is 18.3 Å². The van der Waals surface area contributed by atoms with Crippen molar-refractivity contribution < 1.29 is 4.79 Å². The molecule has 4 rings (SSSR count). The Labute approximate surface area is 174 Å². The number of anilines is 1. The van der Waals surface area contributed by atoms with E-state index in [-0.39, 0.29) is 24.1 Å². The topological polar surface area (TPSA) is 73.0 Å². The fraction of sp³-hybridized carbons (Fsp3) is 0.217. The summed E-state index contributed by atoms with van der Waals surface area (Å²) in [7, 11) is 0. The van der Waals surface area contributed by atoms with Crippen LogP contribution in [0.2, 0.25) is 0 Å². The highest BCUT2D eigenvalue weighted by atomic mass is 16.2. The van der Waals surface area contributed by atoms with E-state index in [2.05, 4.69) is 10.1 Å².